The van der Waals surface area contributed by atoms with E-state index in [1.807, 2.05) is 25.1 Å². The van der Waals surface area contributed by atoms with E-state index in [0.717, 1.165) is 16.8 Å². The van der Waals surface area contributed by atoms with Crippen molar-refractivity contribution in [1.29, 1.82) is 0 Å². The Morgan fingerprint density at radius 3 is 2.68 bits per heavy atom. The number of aromatic amines is 1. The molecule has 2 aromatic rings. The lowest BCUT2D eigenvalue weighted by molar-refractivity contribution is 0.102. The lowest BCUT2D eigenvalue weighted by Gasteiger charge is -2.16. The van der Waals surface area contributed by atoms with Crippen molar-refractivity contribution in [2.45, 2.75) is 26.7 Å². The molecule has 4 nitrogen and oxygen atoms in total. The average molecular weight is 257 g/mol. The quantitative estimate of drug-likeness (QED) is 0.789. The standard InChI is InChI=1S/C15H19N3O/c1-9(2)12-6-4-5-10(3)14(12)18-15(19)13-7-11(16)8-17-13/h4-9,17H,16H2,1-3H3,(H,18,19). The van der Waals surface area contributed by atoms with Crippen LogP contribution in [0.1, 0.15) is 41.4 Å². The Morgan fingerprint density at radius 1 is 1.37 bits per heavy atom. The third-order valence-electron chi connectivity index (χ3n) is 3.12. The molecule has 0 bridgehead atoms. The summed E-state index contributed by atoms with van der Waals surface area (Å²) in [4.78, 5) is 15.0. The molecule has 0 aliphatic carbocycles. The summed E-state index contributed by atoms with van der Waals surface area (Å²) in [6, 6.07) is 7.66. The fourth-order valence-electron chi connectivity index (χ4n) is 2.07. The van der Waals surface area contributed by atoms with E-state index in [2.05, 4.69) is 24.1 Å². The molecule has 1 aromatic carbocycles. The third-order valence-corrected chi connectivity index (χ3v) is 3.12. The van der Waals surface area contributed by atoms with Crippen LogP contribution in [-0.4, -0.2) is 10.9 Å². The van der Waals surface area contributed by atoms with Crippen molar-refractivity contribution < 1.29 is 4.79 Å². The van der Waals surface area contributed by atoms with Gasteiger partial charge in [0.1, 0.15) is 5.69 Å². The van der Waals surface area contributed by atoms with Gasteiger partial charge >= 0.3 is 0 Å². The predicted octanol–water partition coefficient (Wildman–Crippen LogP) is 3.28. The van der Waals surface area contributed by atoms with Crippen LogP contribution in [0.4, 0.5) is 11.4 Å². The summed E-state index contributed by atoms with van der Waals surface area (Å²) in [7, 11) is 0. The maximum atomic E-state index is 12.2. The van der Waals surface area contributed by atoms with Gasteiger partial charge in [0, 0.05) is 17.6 Å². The number of anilines is 2. The number of nitrogens with one attached hydrogen (secondary N) is 2. The van der Waals surface area contributed by atoms with Crippen LogP contribution < -0.4 is 11.1 Å². The molecule has 0 unspecified atom stereocenters. The van der Waals surface area contributed by atoms with Crippen LogP contribution in [0.15, 0.2) is 30.5 Å². The highest BCUT2D eigenvalue weighted by Crippen LogP contribution is 2.27. The molecular weight excluding hydrogens is 238 g/mol. The van der Waals surface area contributed by atoms with E-state index in [4.69, 9.17) is 5.73 Å². The second kappa shape index (κ2) is 5.18. The Labute approximate surface area is 113 Å². The van der Waals surface area contributed by atoms with Crippen LogP contribution in [0.5, 0.6) is 0 Å². The highest BCUT2D eigenvalue weighted by molar-refractivity contribution is 6.04. The summed E-state index contributed by atoms with van der Waals surface area (Å²) in [6.45, 7) is 6.21. The smallest absolute Gasteiger partial charge is 0.272 e. The Morgan fingerprint density at radius 2 is 2.11 bits per heavy atom. The number of H-pyrrole nitrogens is 1. The normalized spacial score (nSPS) is 10.7. The van der Waals surface area contributed by atoms with Gasteiger partial charge in [-0.25, -0.2) is 0 Å². The molecular formula is C15H19N3O. The molecule has 1 amide bonds. The summed E-state index contributed by atoms with van der Waals surface area (Å²) < 4.78 is 0. The van der Waals surface area contributed by atoms with E-state index in [1.165, 1.54) is 0 Å². The summed E-state index contributed by atoms with van der Waals surface area (Å²) in [6.07, 6.45) is 1.61. The Kier molecular flexibility index (Phi) is 3.60. The van der Waals surface area contributed by atoms with Crippen molar-refractivity contribution in [2.24, 2.45) is 0 Å². The molecule has 0 aliphatic rings. The van der Waals surface area contributed by atoms with Crippen molar-refractivity contribution in [1.82, 2.24) is 4.98 Å². The lowest BCUT2D eigenvalue weighted by Crippen LogP contribution is -2.15. The van der Waals surface area contributed by atoms with Gasteiger partial charge in [0.05, 0.1) is 0 Å². The first kappa shape index (κ1) is 13.2. The van der Waals surface area contributed by atoms with Gasteiger partial charge in [-0.15, -0.1) is 0 Å². The van der Waals surface area contributed by atoms with E-state index in [-0.39, 0.29) is 5.91 Å². The van der Waals surface area contributed by atoms with E-state index >= 15 is 0 Å². The van der Waals surface area contributed by atoms with Crippen LogP contribution in [0, 0.1) is 6.92 Å². The van der Waals surface area contributed by atoms with Crippen molar-refractivity contribution in [3.05, 3.63) is 47.3 Å². The van der Waals surface area contributed by atoms with E-state index in [1.54, 1.807) is 12.3 Å². The molecule has 2 rings (SSSR count). The second-order valence-corrected chi connectivity index (χ2v) is 4.99. The van der Waals surface area contributed by atoms with Gasteiger partial charge in [0.2, 0.25) is 0 Å². The van der Waals surface area contributed by atoms with Crippen LogP contribution in [0.2, 0.25) is 0 Å². The molecule has 1 aromatic heterocycles. The van der Waals surface area contributed by atoms with Gasteiger partial charge in [-0.2, -0.15) is 0 Å². The SMILES string of the molecule is Cc1cccc(C(C)C)c1NC(=O)c1cc(N)c[nH]1. The molecule has 0 radical (unpaired) electrons. The summed E-state index contributed by atoms with van der Waals surface area (Å²) in [5.74, 6) is 0.178. The first-order valence-corrected chi connectivity index (χ1v) is 6.33. The number of nitrogen functional groups attached to an aromatic ring is 1. The molecule has 0 aliphatic heterocycles. The van der Waals surface area contributed by atoms with Gasteiger partial charge in [0.25, 0.3) is 5.91 Å². The fraction of sp³-hybridized carbons (Fsp3) is 0.267. The summed E-state index contributed by atoms with van der Waals surface area (Å²) >= 11 is 0. The van der Waals surface area contributed by atoms with E-state index in [9.17, 15) is 4.79 Å². The second-order valence-electron chi connectivity index (χ2n) is 4.99. The number of benzene rings is 1. The molecule has 0 saturated carbocycles. The first-order chi connectivity index (χ1) is 8.99. The van der Waals surface area contributed by atoms with Crippen molar-refractivity contribution in [3.8, 4) is 0 Å². The molecule has 100 valence electrons. The summed E-state index contributed by atoms with van der Waals surface area (Å²) in [5, 5.41) is 2.96. The summed E-state index contributed by atoms with van der Waals surface area (Å²) in [5.41, 5.74) is 9.70. The Balaban J connectivity index is 2.31. The number of carbonyl (C=O) groups excluding carboxylic acids is 1. The number of nitrogens with two attached hydrogens (primary N) is 1. The minimum Gasteiger partial charge on any atom is -0.397 e. The van der Waals surface area contributed by atoms with Crippen LogP contribution in [0.3, 0.4) is 0 Å². The van der Waals surface area contributed by atoms with Gasteiger partial charge < -0.3 is 16.0 Å². The molecule has 4 heteroatoms. The number of carbonyl (C=O) groups is 1. The molecule has 0 spiro atoms. The Bertz CT molecular complexity index is 599. The molecule has 0 atom stereocenters. The highest BCUT2D eigenvalue weighted by Gasteiger charge is 2.14. The van der Waals surface area contributed by atoms with E-state index < -0.39 is 0 Å². The topological polar surface area (TPSA) is 70.9 Å². The minimum atomic E-state index is -0.173. The molecule has 4 N–H and O–H groups in total. The zero-order valence-corrected chi connectivity index (χ0v) is 11.4. The van der Waals surface area contributed by atoms with Crippen LogP contribution in [0.25, 0.3) is 0 Å². The lowest BCUT2D eigenvalue weighted by atomic mass is 9.98. The zero-order chi connectivity index (χ0) is 14.0. The number of hydrogen-bond acceptors (Lipinski definition) is 2. The van der Waals surface area contributed by atoms with Crippen LogP contribution >= 0.6 is 0 Å². The van der Waals surface area contributed by atoms with E-state index in [0.29, 0.717) is 17.3 Å². The Hall–Kier alpha value is -2.23. The number of para-hydroxylation sites is 1. The third kappa shape index (κ3) is 2.78. The highest BCUT2D eigenvalue weighted by atomic mass is 16.1. The van der Waals surface area contributed by atoms with Gasteiger partial charge in [-0.1, -0.05) is 32.0 Å². The van der Waals surface area contributed by atoms with Gasteiger partial charge in [-0.05, 0) is 30.0 Å². The largest absolute Gasteiger partial charge is 0.397 e. The number of rotatable bonds is 3. The number of aromatic nitrogens is 1. The van der Waals surface area contributed by atoms with Crippen molar-refractivity contribution >= 4 is 17.3 Å². The first-order valence-electron chi connectivity index (χ1n) is 6.33. The molecule has 0 saturated heterocycles. The van der Waals surface area contributed by atoms with Crippen molar-refractivity contribution in [2.75, 3.05) is 11.1 Å². The molecule has 0 fully saturated rings. The number of amides is 1. The minimum absolute atomic E-state index is 0.173. The molecule has 1 heterocycles. The monoisotopic (exact) mass is 257 g/mol. The number of hydrogen-bond donors (Lipinski definition) is 3. The maximum Gasteiger partial charge on any atom is 0.272 e. The molecule has 19 heavy (non-hydrogen) atoms. The number of aryl methyl sites for hydroxylation is 1. The van der Waals surface area contributed by atoms with Gasteiger partial charge in [0.15, 0.2) is 0 Å². The maximum absolute atomic E-state index is 12.2. The van der Waals surface area contributed by atoms with Crippen molar-refractivity contribution in [3.63, 3.8) is 0 Å². The van der Waals surface area contributed by atoms with Crippen LogP contribution in [-0.2, 0) is 0 Å². The zero-order valence-electron chi connectivity index (χ0n) is 11.4. The fourth-order valence-corrected chi connectivity index (χ4v) is 2.07. The van der Waals surface area contributed by atoms with Gasteiger partial charge in [-0.3, -0.25) is 4.79 Å². The average Bonchev–Trinajstić information content (AvgIpc) is 2.78. The predicted molar refractivity (Wildman–Crippen MR) is 78.4 cm³/mol.